The van der Waals surface area contributed by atoms with Gasteiger partial charge in [-0.15, -0.1) is 0 Å². The van der Waals surface area contributed by atoms with Crippen molar-refractivity contribution in [2.45, 2.75) is 23.7 Å². The topological polar surface area (TPSA) is 31.9 Å². The Morgan fingerprint density at radius 2 is 2.21 bits per heavy atom. The van der Waals surface area contributed by atoms with E-state index in [-0.39, 0.29) is 0 Å². The Morgan fingerprint density at radius 1 is 1.42 bits per heavy atom. The molecule has 3 nitrogen and oxygen atoms in total. The van der Waals surface area contributed by atoms with Gasteiger partial charge < -0.3 is 0 Å². The number of nitrogens with one attached hydrogen (secondary N) is 1. The van der Waals surface area contributed by atoms with E-state index < -0.39 is 0 Å². The number of halogens is 1. The zero-order chi connectivity index (χ0) is 13.0. The molecule has 2 aliphatic rings. The van der Waals surface area contributed by atoms with Crippen LogP contribution < -0.4 is 0 Å². The van der Waals surface area contributed by atoms with Crippen LogP contribution in [0.4, 0.5) is 3.89 Å². The Morgan fingerprint density at radius 3 is 2.89 bits per heavy atom. The molecule has 1 spiro atoms. The van der Waals surface area contributed by atoms with Crippen LogP contribution in [-0.2, 0) is 0 Å². The van der Waals surface area contributed by atoms with E-state index in [1.807, 2.05) is 18.2 Å². The molecule has 4 rings (SSSR count). The molecule has 0 unspecified atom stereocenters. The molecule has 1 aromatic carbocycles. The minimum atomic E-state index is 0.309. The van der Waals surface area contributed by atoms with Gasteiger partial charge in [0.25, 0.3) is 0 Å². The van der Waals surface area contributed by atoms with E-state index in [9.17, 15) is 3.89 Å². The SMILES string of the molecule is FSc1cccc2n[nH]c(C3CC4(C3)CN(S)C4)c12. The van der Waals surface area contributed by atoms with Gasteiger partial charge in [0.15, 0.2) is 0 Å². The van der Waals surface area contributed by atoms with Crippen LogP contribution in [0.3, 0.4) is 0 Å². The standard InChI is InChI=1S/C13H14FN3S2/c14-19-10-3-1-2-9-11(10)12(16-15-9)8-4-13(5-8)6-17(18)7-13/h1-3,8,18H,4-7H2,(H,15,16). The lowest BCUT2D eigenvalue weighted by Crippen LogP contribution is -2.58. The maximum Gasteiger partial charge on any atom is 0.0936 e. The molecule has 1 aliphatic carbocycles. The molecule has 1 aromatic heterocycles. The number of rotatable bonds is 2. The highest BCUT2D eigenvalue weighted by molar-refractivity contribution is 7.94. The summed E-state index contributed by atoms with van der Waals surface area (Å²) in [5.41, 5.74) is 2.43. The predicted octanol–water partition coefficient (Wildman–Crippen LogP) is 3.56. The Kier molecular flexibility index (Phi) is 2.62. The molecule has 0 radical (unpaired) electrons. The number of aromatic nitrogens is 2. The zero-order valence-corrected chi connectivity index (χ0v) is 12.0. The normalized spacial score (nSPS) is 22.6. The summed E-state index contributed by atoms with van der Waals surface area (Å²) in [5, 5.41) is 8.40. The highest BCUT2D eigenvalue weighted by Crippen LogP contribution is 2.57. The summed E-state index contributed by atoms with van der Waals surface area (Å²) in [7, 11) is 0. The summed E-state index contributed by atoms with van der Waals surface area (Å²) < 4.78 is 15.1. The minimum Gasteiger partial charge on any atom is -0.281 e. The number of aromatic amines is 1. The highest BCUT2D eigenvalue weighted by Gasteiger charge is 2.52. The lowest BCUT2D eigenvalue weighted by Gasteiger charge is -2.57. The van der Waals surface area contributed by atoms with Crippen LogP contribution in [0.5, 0.6) is 0 Å². The van der Waals surface area contributed by atoms with Gasteiger partial charge in [-0.1, -0.05) is 18.9 Å². The third-order valence-electron chi connectivity index (χ3n) is 4.46. The van der Waals surface area contributed by atoms with Gasteiger partial charge in [0.05, 0.1) is 22.6 Å². The van der Waals surface area contributed by atoms with Crippen molar-refractivity contribution in [2.24, 2.45) is 5.41 Å². The Bertz CT molecular complexity index is 628. The molecule has 2 aromatic rings. The summed E-state index contributed by atoms with van der Waals surface area (Å²) in [6, 6.07) is 5.60. The van der Waals surface area contributed by atoms with E-state index in [0.29, 0.717) is 28.4 Å². The fourth-order valence-electron chi connectivity index (χ4n) is 3.60. The Labute approximate surface area is 120 Å². The molecule has 1 aliphatic heterocycles. The molecule has 2 heterocycles. The van der Waals surface area contributed by atoms with Crippen LogP contribution in [-0.4, -0.2) is 27.6 Å². The third kappa shape index (κ3) is 1.73. The minimum absolute atomic E-state index is 0.309. The van der Waals surface area contributed by atoms with Crippen molar-refractivity contribution >= 4 is 35.9 Å². The molecule has 0 amide bonds. The molecule has 6 heteroatoms. The van der Waals surface area contributed by atoms with Gasteiger partial charge in [0.2, 0.25) is 0 Å². The van der Waals surface area contributed by atoms with E-state index in [1.54, 1.807) is 0 Å². The van der Waals surface area contributed by atoms with Crippen LogP contribution >= 0.6 is 25.0 Å². The second-order valence-corrected chi connectivity index (χ2v) is 6.95. The van der Waals surface area contributed by atoms with Crippen molar-refractivity contribution in [1.29, 1.82) is 0 Å². The van der Waals surface area contributed by atoms with Gasteiger partial charge in [-0.25, -0.2) is 0 Å². The molecule has 0 atom stereocenters. The van der Waals surface area contributed by atoms with Gasteiger partial charge in [-0.3, -0.25) is 9.40 Å². The van der Waals surface area contributed by atoms with E-state index in [4.69, 9.17) is 0 Å². The maximum atomic E-state index is 13.0. The fraction of sp³-hybridized carbons (Fsp3) is 0.462. The second-order valence-electron chi connectivity index (χ2n) is 5.79. The average Bonchev–Trinajstić information content (AvgIpc) is 2.75. The summed E-state index contributed by atoms with van der Waals surface area (Å²) in [6.45, 7) is 2.15. The fourth-order valence-corrected chi connectivity index (χ4v) is 4.62. The van der Waals surface area contributed by atoms with Crippen LogP contribution in [0.25, 0.3) is 10.9 Å². The van der Waals surface area contributed by atoms with E-state index in [1.165, 1.54) is 0 Å². The Balaban J connectivity index is 1.66. The lowest BCUT2D eigenvalue weighted by atomic mass is 9.57. The molecular weight excluding hydrogens is 281 g/mol. The molecule has 1 N–H and O–H groups in total. The number of thiol groups is 1. The summed E-state index contributed by atoms with van der Waals surface area (Å²) in [6.07, 6.45) is 2.32. The summed E-state index contributed by atoms with van der Waals surface area (Å²) in [5.74, 6) is 0.486. The smallest absolute Gasteiger partial charge is 0.0936 e. The van der Waals surface area contributed by atoms with Crippen molar-refractivity contribution < 1.29 is 3.89 Å². The molecule has 2 fully saturated rings. The van der Waals surface area contributed by atoms with Crippen LogP contribution in [0.15, 0.2) is 23.1 Å². The second kappa shape index (κ2) is 4.14. The van der Waals surface area contributed by atoms with E-state index in [0.717, 1.165) is 42.5 Å². The number of fused-ring (bicyclic) bond motifs is 1. The molecule has 1 saturated heterocycles. The molecule has 100 valence electrons. The first-order valence-electron chi connectivity index (χ1n) is 6.40. The van der Waals surface area contributed by atoms with Crippen molar-refractivity contribution in [3.05, 3.63) is 23.9 Å². The summed E-state index contributed by atoms with van der Waals surface area (Å²) in [4.78, 5) is 0.673. The van der Waals surface area contributed by atoms with E-state index in [2.05, 4.69) is 27.3 Å². The first kappa shape index (κ1) is 12.1. The van der Waals surface area contributed by atoms with Crippen LogP contribution in [0.1, 0.15) is 24.5 Å². The third-order valence-corrected chi connectivity index (χ3v) is 5.25. The average molecular weight is 295 g/mol. The molecule has 1 saturated carbocycles. The molecule has 19 heavy (non-hydrogen) atoms. The maximum absolute atomic E-state index is 13.0. The van der Waals surface area contributed by atoms with Crippen LogP contribution in [0, 0.1) is 5.41 Å². The highest BCUT2D eigenvalue weighted by atomic mass is 32.2. The van der Waals surface area contributed by atoms with Crippen molar-refractivity contribution in [3.63, 3.8) is 0 Å². The van der Waals surface area contributed by atoms with E-state index >= 15 is 0 Å². The Hall–Kier alpha value is -0.720. The van der Waals surface area contributed by atoms with Crippen LogP contribution in [0.2, 0.25) is 0 Å². The van der Waals surface area contributed by atoms with Crippen molar-refractivity contribution in [2.75, 3.05) is 13.1 Å². The number of H-pyrrole nitrogens is 1. The monoisotopic (exact) mass is 295 g/mol. The first-order valence-corrected chi connectivity index (χ1v) is 7.52. The number of benzene rings is 1. The van der Waals surface area contributed by atoms with Gasteiger partial charge in [-0.2, -0.15) is 8.98 Å². The summed E-state index contributed by atoms with van der Waals surface area (Å²) >= 11 is 4.65. The van der Waals surface area contributed by atoms with Crippen molar-refractivity contribution in [3.8, 4) is 0 Å². The predicted molar refractivity (Wildman–Crippen MR) is 78.0 cm³/mol. The number of hydrogen-bond donors (Lipinski definition) is 2. The van der Waals surface area contributed by atoms with Gasteiger partial charge >= 0.3 is 0 Å². The number of hydrogen-bond acceptors (Lipinski definition) is 4. The first-order chi connectivity index (χ1) is 9.21. The van der Waals surface area contributed by atoms with Gasteiger partial charge in [-0.05, 0) is 30.4 Å². The molecular formula is C13H14FN3S2. The van der Waals surface area contributed by atoms with Gasteiger partial charge in [0.1, 0.15) is 0 Å². The molecule has 0 bridgehead atoms. The zero-order valence-electron chi connectivity index (χ0n) is 10.3. The quantitative estimate of drug-likeness (QED) is 0.831. The van der Waals surface area contributed by atoms with Gasteiger partial charge in [0, 0.05) is 30.1 Å². The largest absolute Gasteiger partial charge is 0.281 e. The number of nitrogens with zero attached hydrogens (tertiary/aromatic N) is 2. The van der Waals surface area contributed by atoms with Crippen molar-refractivity contribution in [1.82, 2.24) is 14.5 Å². The lowest BCUT2D eigenvalue weighted by molar-refractivity contribution is -0.0194.